The van der Waals surface area contributed by atoms with Gasteiger partial charge in [-0.2, -0.15) is 0 Å². The van der Waals surface area contributed by atoms with Crippen LogP contribution in [0.3, 0.4) is 0 Å². The topological polar surface area (TPSA) is 55.8 Å². The van der Waals surface area contributed by atoms with Crippen LogP contribution in [0, 0.1) is 5.82 Å². The van der Waals surface area contributed by atoms with E-state index in [9.17, 15) is 9.18 Å². The van der Waals surface area contributed by atoms with E-state index in [0.29, 0.717) is 0 Å². The van der Waals surface area contributed by atoms with Gasteiger partial charge in [-0.1, -0.05) is 23.7 Å². The van der Waals surface area contributed by atoms with E-state index in [-0.39, 0.29) is 17.0 Å². The van der Waals surface area contributed by atoms with Gasteiger partial charge in [0, 0.05) is 5.82 Å². The number of hydrogen-bond acceptors (Lipinski definition) is 3. The molecule has 0 spiro atoms. The molecule has 0 saturated carbocycles. The predicted molar refractivity (Wildman–Crippen MR) is 82.5 cm³/mol. The summed E-state index contributed by atoms with van der Waals surface area (Å²) in [6.45, 7) is 7.44. The zero-order chi connectivity index (χ0) is 16.7. The molecule has 0 amide bonds. The lowest BCUT2D eigenvalue weighted by atomic mass is 9.66. The number of benzene rings is 1. The molecular weight excluding hydrogens is 309 g/mol. The Balaban J connectivity index is 2.40. The lowest BCUT2D eigenvalue weighted by Gasteiger charge is -2.32. The lowest BCUT2D eigenvalue weighted by Crippen LogP contribution is -2.41. The maximum absolute atomic E-state index is 14.3. The van der Waals surface area contributed by atoms with Gasteiger partial charge >= 0.3 is 13.1 Å². The smallest absolute Gasteiger partial charge is 0.466 e. The molecule has 1 aliphatic heterocycles. The van der Waals surface area contributed by atoms with Crippen LogP contribution in [-0.4, -0.2) is 29.4 Å². The van der Waals surface area contributed by atoms with E-state index in [1.54, 1.807) is 6.07 Å². The van der Waals surface area contributed by atoms with E-state index in [1.165, 1.54) is 12.1 Å². The van der Waals surface area contributed by atoms with Gasteiger partial charge in [-0.25, -0.2) is 4.39 Å². The third-order valence-electron chi connectivity index (χ3n) is 4.38. The molecule has 2 rings (SSSR count). The standard InChI is InChI=1S/C15H19BClFO4/c1-14(2)15(3,4)22-16(21-14)10(8-12(19)20)9-6-5-7-11(17)13(9)18/h5-7,10H,8H2,1-4H3,(H,19,20). The van der Waals surface area contributed by atoms with Crippen molar-refractivity contribution in [3.05, 3.63) is 34.6 Å². The van der Waals surface area contributed by atoms with Crippen molar-refractivity contribution in [1.82, 2.24) is 0 Å². The molecule has 1 unspecified atom stereocenters. The van der Waals surface area contributed by atoms with Crippen LogP contribution in [-0.2, 0) is 14.1 Å². The van der Waals surface area contributed by atoms with E-state index in [2.05, 4.69) is 0 Å². The molecular formula is C15H19BClFO4. The van der Waals surface area contributed by atoms with Crippen LogP contribution in [0.15, 0.2) is 18.2 Å². The van der Waals surface area contributed by atoms with Crippen LogP contribution >= 0.6 is 11.6 Å². The van der Waals surface area contributed by atoms with E-state index in [1.807, 2.05) is 27.7 Å². The highest BCUT2D eigenvalue weighted by molar-refractivity contribution is 6.48. The number of aliphatic carboxylic acids is 1. The van der Waals surface area contributed by atoms with Crippen molar-refractivity contribution >= 4 is 24.7 Å². The number of carbonyl (C=O) groups is 1. The van der Waals surface area contributed by atoms with Gasteiger partial charge in [0.2, 0.25) is 0 Å². The van der Waals surface area contributed by atoms with Crippen LogP contribution in [0.5, 0.6) is 0 Å². The van der Waals surface area contributed by atoms with Gasteiger partial charge in [0.15, 0.2) is 0 Å². The SMILES string of the molecule is CC1(C)OB(C(CC(=O)O)c2cccc(Cl)c2F)OC1(C)C. The highest BCUT2D eigenvalue weighted by atomic mass is 35.5. The van der Waals surface area contributed by atoms with Gasteiger partial charge in [0.1, 0.15) is 5.82 Å². The molecule has 0 radical (unpaired) electrons. The molecule has 4 nitrogen and oxygen atoms in total. The molecule has 7 heteroatoms. The van der Waals surface area contributed by atoms with Gasteiger partial charge < -0.3 is 14.4 Å². The highest BCUT2D eigenvalue weighted by Gasteiger charge is 2.54. The van der Waals surface area contributed by atoms with E-state index in [0.717, 1.165) is 0 Å². The first-order valence-electron chi connectivity index (χ1n) is 7.06. The summed E-state index contributed by atoms with van der Waals surface area (Å²) in [6.07, 6.45) is -0.311. The Morgan fingerprint density at radius 3 is 2.36 bits per heavy atom. The minimum atomic E-state index is -1.06. The molecule has 0 bridgehead atoms. The molecule has 1 aromatic carbocycles. The maximum Gasteiger partial charge on any atom is 0.466 e. The summed E-state index contributed by atoms with van der Waals surface area (Å²) in [5.74, 6) is -2.47. The molecule has 0 aliphatic carbocycles. The zero-order valence-corrected chi connectivity index (χ0v) is 13.8. The summed E-state index contributed by atoms with van der Waals surface area (Å²) in [7, 11) is -0.853. The Morgan fingerprint density at radius 1 is 1.32 bits per heavy atom. The molecule has 22 heavy (non-hydrogen) atoms. The molecule has 1 heterocycles. The van der Waals surface area contributed by atoms with Crippen molar-refractivity contribution in [3.63, 3.8) is 0 Å². The van der Waals surface area contributed by atoms with E-state index >= 15 is 0 Å². The monoisotopic (exact) mass is 328 g/mol. The molecule has 1 fully saturated rings. The van der Waals surface area contributed by atoms with Gasteiger partial charge in [0.25, 0.3) is 0 Å². The molecule has 1 aliphatic rings. The first-order chi connectivity index (χ1) is 10.0. The van der Waals surface area contributed by atoms with Crippen molar-refractivity contribution in [3.8, 4) is 0 Å². The largest absolute Gasteiger partial charge is 0.481 e. The van der Waals surface area contributed by atoms with Gasteiger partial charge in [-0.05, 0) is 39.3 Å². The van der Waals surface area contributed by atoms with Crippen molar-refractivity contribution < 1.29 is 23.6 Å². The summed E-state index contributed by atoms with van der Waals surface area (Å²) in [6, 6.07) is 4.52. The fourth-order valence-corrected chi connectivity index (χ4v) is 2.58. The molecule has 1 N–H and O–H groups in total. The quantitative estimate of drug-likeness (QED) is 0.857. The third kappa shape index (κ3) is 3.14. The van der Waals surface area contributed by atoms with Crippen molar-refractivity contribution in [2.75, 3.05) is 0 Å². The first kappa shape index (κ1) is 17.3. The average Bonchev–Trinajstić information content (AvgIpc) is 2.59. The van der Waals surface area contributed by atoms with Crippen molar-refractivity contribution in [2.24, 2.45) is 0 Å². The van der Waals surface area contributed by atoms with Crippen LogP contribution < -0.4 is 0 Å². The van der Waals surface area contributed by atoms with Crippen LogP contribution in [0.2, 0.25) is 5.02 Å². The van der Waals surface area contributed by atoms with Crippen molar-refractivity contribution in [2.45, 2.75) is 51.1 Å². The van der Waals surface area contributed by atoms with Crippen LogP contribution in [0.1, 0.15) is 45.5 Å². The number of rotatable bonds is 4. The Labute approximate surface area is 134 Å². The number of hydrogen-bond donors (Lipinski definition) is 1. The summed E-state index contributed by atoms with van der Waals surface area (Å²) in [5, 5.41) is 9.11. The van der Waals surface area contributed by atoms with Gasteiger partial charge in [-0.15, -0.1) is 0 Å². The van der Waals surface area contributed by atoms with Crippen molar-refractivity contribution in [1.29, 1.82) is 0 Å². The van der Waals surface area contributed by atoms with Crippen LogP contribution in [0.25, 0.3) is 0 Å². The minimum Gasteiger partial charge on any atom is -0.481 e. The Bertz CT molecular complexity index is 575. The summed E-state index contributed by atoms with van der Waals surface area (Å²) < 4.78 is 26.1. The summed E-state index contributed by atoms with van der Waals surface area (Å²) in [5.41, 5.74) is -1.05. The average molecular weight is 329 g/mol. The minimum absolute atomic E-state index is 0.0515. The molecule has 0 aromatic heterocycles. The maximum atomic E-state index is 14.3. The Hall–Kier alpha value is -1.11. The fraction of sp³-hybridized carbons (Fsp3) is 0.533. The number of carboxylic acids is 1. The highest BCUT2D eigenvalue weighted by Crippen LogP contribution is 2.42. The van der Waals surface area contributed by atoms with E-state index < -0.39 is 35.9 Å². The Kier molecular flexibility index (Phi) is 4.57. The zero-order valence-electron chi connectivity index (χ0n) is 13.0. The fourth-order valence-electron chi connectivity index (χ4n) is 2.40. The number of halogens is 2. The molecule has 1 aromatic rings. The van der Waals surface area contributed by atoms with Gasteiger partial charge in [0.05, 0.1) is 22.6 Å². The van der Waals surface area contributed by atoms with Crippen LogP contribution in [0.4, 0.5) is 4.39 Å². The van der Waals surface area contributed by atoms with E-state index in [4.69, 9.17) is 26.0 Å². The first-order valence-corrected chi connectivity index (χ1v) is 7.44. The van der Waals surface area contributed by atoms with Gasteiger partial charge in [-0.3, -0.25) is 4.79 Å². The third-order valence-corrected chi connectivity index (χ3v) is 4.67. The second kappa shape index (κ2) is 5.83. The predicted octanol–water partition coefficient (Wildman–Crippen LogP) is 3.67. The molecule has 1 saturated heterocycles. The molecule has 120 valence electrons. The second-order valence-electron chi connectivity index (χ2n) is 6.47. The second-order valence-corrected chi connectivity index (χ2v) is 6.88. The summed E-state index contributed by atoms with van der Waals surface area (Å²) in [4.78, 5) is 11.2. The lowest BCUT2D eigenvalue weighted by molar-refractivity contribution is -0.137. The normalized spacial score (nSPS) is 20.9. The molecule has 1 atom stereocenters. The number of carboxylic acid groups (broad SMARTS) is 1. The Morgan fingerprint density at radius 2 is 1.86 bits per heavy atom. The summed E-state index contributed by atoms with van der Waals surface area (Å²) >= 11 is 5.81.